The van der Waals surface area contributed by atoms with Crippen molar-refractivity contribution in [1.82, 2.24) is 0 Å². The Kier molecular flexibility index (Phi) is 8.40. The molecule has 1 saturated carbocycles. The first-order valence-corrected chi connectivity index (χ1v) is 11.9. The molecule has 0 spiro atoms. The minimum absolute atomic E-state index is 0.0151. The lowest BCUT2D eigenvalue weighted by Gasteiger charge is -2.24. The average molecular weight is 437 g/mol. The third-order valence-corrected chi connectivity index (χ3v) is 7.64. The van der Waals surface area contributed by atoms with E-state index in [1.807, 2.05) is 6.07 Å². The molecular weight excluding hydrogens is 403 g/mol. The summed E-state index contributed by atoms with van der Waals surface area (Å²) in [4.78, 5) is 11.8. The molecule has 1 aliphatic rings. The van der Waals surface area contributed by atoms with Crippen molar-refractivity contribution in [3.05, 3.63) is 35.0 Å². The summed E-state index contributed by atoms with van der Waals surface area (Å²) < 4.78 is 14.2. The van der Waals surface area contributed by atoms with Gasteiger partial charge < -0.3 is 20.1 Å². The van der Waals surface area contributed by atoms with Crippen molar-refractivity contribution in [3.63, 3.8) is 0 Å². The van der Waals surface area contributed by atoms with Gasteiger partial charge in [-0.2, -0.15) is 0 Å². The summed E-state index contributed by atoms with van der Waals surface area (Å²) in [6, 6.07) is 6.54. The second kappa shape index (κ2) is 10.8. The van der Waals surface area contributed by atoms with Gasteiger partial charge in [-0.15, -0.1) is 11.3 Å². The van der Waals surface area contributed by atoms with Crippen LogP contribution >= 0.6 is 11.3 Å². The molecule has 6 heteroatoms. The van der Waals surface area contributed by atoms with Crippen LogP contribution in [0.15, 0.2) is 24.3 Å². The Bertz CT molecular complexity index is 836. The number of hydrogen-bond donors (Lipinski definition) is 3. The van der Waals surface area contributed by atoms with Crippen molar-refractivity contribution in [2.24, 2.45) is 11.8 Å². The van der Waals surface area contributed by atoms with E-state index in [1.165, 1.54) is 23.5 Å². The molecule has 0 amide bonds. The maximum atomic E-state index is 13.4. The van der Waals surface area contributed by atoms with Gasteiger partial charge in [0.25, 0.3) is 0 Å². The molecule has 0 saturated heterocycles. The van der Waals surface area contributed by atoms with E-state index in [0.717, 1.165) is 47.1 Å². The first-order chi connectivity index (χ1) is 14.3. The number of aliphatic hydroxyl groups is 3. The van der Waals surface area contributed by atoms with Crippen molar-refractivity contribution in [1.29, 1.82) is 0 Å². The topological polar surface area (TPSA) is 77.8 Å². The number of halogens is 1. The van der Waals surface area contributed by atoms with E-state index in [-0.39, 0.29) is 23.4 Å². The molecule has 0 bridgehead atoms. The van der Waals surface area contributed by atoms with Crippen LogP contribution in [-0.2, 0) is 4.79 Å². The molecule has 1 aliphatic carbocycles. The van der Waals surface area contributed by atoms with Crippen molar-refractivity contribution >= 4 is 27.2 Å². The van der Waals surface area contributed by atoms with E-state index in [2.05, 4.69) is 0 Å². The summed E-state index contributed by atoms with van der Waals surface area (Å²) >= 11 is 1.40. The number of carbonyl (C=O) groups excluding carboxylic acids is 1. The number of benzene rings is 1. The summed E-state index contributed by atoms with van der Waals surface area (Å²) in [5.74, 6) is -0.0143. The van der Waals surface area contributed by atoms with Crippen LogP contribution in [0.3, 0.4) is 0 Å². The maximum Gasteiger partial charge on any atom is 0.129 e. The normalized spacial score (nSPS) is 25.1. The van der Waals surface area contributed by atoms with E-state index in [1.54, 1.807) is 13.0 Å². The SMILES string of the molecule is CC(=O)CCCCCC[C@@H]1[C@@H](CCC(O)c2cc3ccc(F)cc3s2)[C@H](O)C[C@@H]1O. The van der Waals surface area contributed by atoms with Crippen LogP contribution in [0.2, 0.25) is 0 Å². The van der Waals surface area contributed by atoms with Crippen molar-refractivity contribution < 1.29 is 24.5 Å². The molecule has 1 fully saturated rings. The Balaban J connectivity index is 1.50. The zero-order chi connectivity index (χ0) is 21.7. The molecule has 4 nitrogen and oxygen atoms in total. The Labute approximate surface area is 181 Å². The third kappa shape index (κ3) is 6.10. The van der Waals surface area contributed by atoms with Gasteiger partial charge in [-0.3, -0.25) is 0 Å². The highest BCUT2D eigenvalue weighted by Gasteiger charge is 2.40. The molecule has 5 atom stereocenters. The molecule has 0 aliphatic heterocycles. The largest absolute Gasteiger partial charge is 0.393 e. The van der Waals surface area contributed by atoms with E-state index < -0.39 is 18.3 Å². The van der Waals surface area contributed by atoms with Gasteiger partial charge in [-0.05, 0) is 74.4 Å². The van der Waals surface area contributed by atoms with E-state index >= 15 is 0 Å². The summed E-state index contributed by atoms with van der Waals surface area (Å²) in [6.45, 7) is 1.62. The molecule has 1 heterocycles. The number of rotatable bonds is 11. The quantitative estimate of drug-likeness (QED) is 0.426. The molecular formula is C24H33FO4S. The predicted octanol–water partition coefficient (Wildman–Crippen LogP) is 5.14. The number of unbranched alkanes of at least 4 members (excludes halogenated alkanes) is 3. The summed E-state index contributed by atoms with van der Waals surface area (Å²) in [7, 11) is 0. The van der Waals surface area contributed by atoms with Gasteiger partial charge >= 0.3 is 0 Å². The lowest BCUT2D eigenvalue weighted by molar-refractivity contribution is -0.117. The second-order valence-corrected chi connectivity index (χ2v) is 9.89. The number of fused-ring (bicyclic) bond motifs is 1. The molecule has 0 radical (unpaired) electrons. The van der Waals surface area contributed by atoms with Gasteiger partial charge in [0.2, 0.25) is 0 Å². The number of ketones is 1. The Hall–Kier alpha value is -1.34. The van der Waals surface area contributed by atoms with Gasteiger partial charge in [0.05, 0.1) is 18.3 Å². The van der Waals surface area contributed by atoms with Crippen LogP contribution in [0, 0.1) is 17.7 Å². The smallest absolute Gasteiger partial charge is 0.129 e. The molecule has 3 rings (SSSR count). The molecule has 1 aromatic heterocycles. The minimum Gasteiger partial charge on any atom is -0.393 e. The number of aliphatic hydroxyl groups excluding tert-OH is 3. The van der Waals surface area contributed by atoms with Crippen LogP contribution in [0.25, 0.3) is 10.1 Å². The number of hydrogen-bond acceptors (Lipinski definition) is 5. The van der Waals surface area contributed by atoms with Crippen molar-refractivity contribution in [3.8, 4) is 0 Å². The van der Waals surface area contributed by atoms with Crippen LogP contribution < -0.4 is 0 Å². The molecule has 3 N–H and O–H groups in total. The Morgan fingerprint density at radius 2 is 1.80 bits per heavy atom. The average Bonchev–Trinajstić information content (AvgIpc) is 3.22. The van der Waals surface area contributed by atoms with Crippen LogP contribution in [0.5, 0.6) is 0 Å². The molecule has 1 aromatic carbocycles. The van der Waals surface area contributed by atoms with E-state index in [0.29, 0.717) is 25.7 Å². The van der Waals surface area contributed by atoms with E-state index in [9.17, 15) is 24.5 Å². The Morgan fingerprint density at radius 1 is 1.10 bits per heavy atom. The Morgan fingerprint density at radius 3 is 2.53 bits per heavy atom. The minimum atomic E-state index is -0.650. The summed E-state index contributed by atoms with van der Waals surface area (Å²) in [6.07, 6.45) is 5.32. The molecule has 1 unspecified atom stereocenters. The van der Waals surface area contributed by atoms with Crippen LogP contribution in [0.4, 0.5) is 4.39 Å². The monoisotopic (exact) mass is 436 g/mol. The maximum absolute atomic E-state index is 13.4. The molecule has 30 heavy (non-hydrogen) atoms. The van der Waals surface area contributed by atoms with Crippen molar-refractivity contribution in [2.75, 3.05) is 0 Å². The number of carbonyl (C=O) groups is 1. The highest BCUT2D eigenvalue weighted by Crippen LogP contribution is 2.41. The second-order valence-electron chi connectivity index (χ2n) is 8.78. The van der Waals surface area contributed by atoms with Crippen molar-refractivity contribution in [2.45, 2.75) is 83.0 Å². The van der Waals surface area contributed by atoms with E-state index in [4.69, 9.17) is 0 Å². The third-order valence-electron chi connectivity index (χ3n) is 6.44. The lowest BCUT2D eigenvalue weighted by Crippen LogP contribution is -2.23. The highest BCUT2D eigenvalue weighted by molar-refractivity contribution is 7.19. The predicted molar refractivity (Wildman–Crippen MR) is 118 cm³/mol. The standard InChI is InChI=1S/C24H33FO4S/c1-15(26)6-4-2-3-5-7-18-19(22(29)14-21(18)28)10-11-20(27)24-12-16-8-9-17(25)13-23(16)30-24/h8-9,12-13,18-22,27-29H,2-7,10-11,14H2,1H3/t18-,19-,20?,21+,22-/m1/s1. The summed E-state index contributed by atoms with van der Waals surface area (Å²) in [5.41, 5.74) is 0. The first-order valence-electron chi connectivity index (χ1n) is 11.1. The van der Waals surface area contributed by atoms with Crippen LogP contribution in [-0.4, -0.2) is 33.3 Å². The fourth-order valence-corrected chi connectivity index (χ4v) is 5.88. The van der Waals surface area contributed by atoms with Gasteiger partial charge in [0.15, 0.2) is 0 Å². The van der Waals surface area contributed by atoms with Crippen LogP contribution in [0.1, 0.15) is 75.7 Å². The van der Waals surface area contributed by atoms with Gasteiger partial charge in [0.1, 0.15) is 11.6 Å². The number of Topliss-reactive ketones (excluding diaryl/α,β-unsaturated/α-hetero) is 1. The van der Waals surface area contributed by atoms with Gasteiger partial charge in [-0.1, -0.05) is 25.3 Å². The molecule has 2 aromatic rings. The first kappa shape index (κ1) is 23.3. The molecule has 166 valence electrons. The fraction of sp³-hybridized carbons (Fsp3) is 0.625. The highest BCUT2D eigenvalue weighted by atomic mass is 32.1. The zero-order valence-corrected chi connectivity index (χ0v) is 18.4. The summed E-state index contributed by atoms with van der Waals surface area (Å²) in [5, 5.41) is 32.4. The number of thiophene rings is 1. The zero-order valence-electron chi connectivity index (χ0n) is 17.6. The fourth-order valence-electron chi connectivity index (χ4n) is 4.77. The lowest BCUT2D eigenvalue weighted by atomic mass is 9.84. The van der Waals surface area contributed by atoms with Gasteiger partial charge in [-0.25, -0.2) is 4.39 Å². The van der Waals surface area contributed by atoms with Gasteiger partial charge in [0, 0.05) is 16.0 Å².